The molecule has 48 heavy (non-hydrogen) atoms. The number of Topliss-reactive ketones (excluding diaryl/α,β-unsaturated/α-hetero) is 1. The minimum absolute atomic E-state index is 0.0461. The van der Waals surface area contributed by atoms with Gasteiger partial charge in [0.05, 0.1) is 12.2 Å². The molecule has 0 bridgehead atoms. The van der Waals surface area contributed by atoms with E-state index in [0.717, 1.165) is 23.8 Å². The van der Waals surface area contributed by atoms with E-state index in [-0.39, 0.29) is 24.8 Å². The molecule has 0 amide bonds. The van der Waals surface area contributed by atoms with E-state index in [0.29, 0.717) is 11.5 Å². The molecule has 1 aliphatic heterocycles. The van der Waals surface area contributed by atoms with Gasteiger partial charge in [0.1, 0.15) is 12.8 Å². The standard InChI is InChI=1S/C39H44F2O6S/c1-22(2)14-24-6-5-7-27(15-24)48-21-23-8-10-25(11-9-23)35-46-34-18-28-29-17-31(40)30-16-26(43)12-13-36(30,3)38(29,41)32(44)19-37(28,4)39(34,47-35)33(45)20-42/h5-13,15-16,22,28-29,31-32,34-35,42,44H,14,17-21H2,1-4H3/t28-,29-,31-,32-,34+,35-,36-,37-,38-,39+/m0/s1. The number of halogens is 2. The van der Waals surface area contributed by atoms with Gasteiger partial charge in [-0.15, -0.1) is 11.8 Å². The summed E-state index contributed by atoms with van der Waals surface area (Å²) in [7, 11) is 0. The summed E-state index contributed by atoms with van der Waals surface area (Å²) in [5, 5.41) is 21.9. The van der Waals surface area contributed by atoms with Crippen LogP contribution in [-0.4, -0.2) is 58.0 Å². The predicted molar refractivity (Wildman–Crippen MR) is 179 cm³/mol. The van der Waals surface area contributed by atoms with Crippen molar-refractivity contribution in [3.63, 3.8) is 0 Å². The van der Waals surface area contributed by atoms with E-state index < -0.39 is 76.8 Å². The molecule has 4 fully saturated rings. The van der Waals surface area contributed by atoms with E-state index in [1.54, 1.807) is 25.6 Å². The minimum atomic E-state index is -2.28. The van der Waals surface area contributed by atoms with Crippen LogP contribution in [0, 0.1) is 28.6 Å². The Hall–Kier alpha value is -2.69. The van der Waals surface area contributed by atoms with Crippen molar-refractivity contribution < 1.29 is 38.1 Å². The maximum absolute atomic E-state index is 17.6. The summed E-state index contributed by atoms with van der Waals surface area (Å²) >= 11 is 1.76. The van der Waals surface area contributed by atoms with Crippen LogP contribution in [0.2, 0.25) is 0 Å². The van der Waals surface area contributed by atoms with Crippen molar-refractivity contribution in [3.05, 3.63) is 89.0 Å². The Balaban J connectivity index is 1.13. The summed E-state index contributed by atoms with van der Waals surface area (Å²) < 4.78 is 46.5. The first-order valence-corrected chi connectivity index (χ1v) is 18.0. The summed E-state index contributed by atoms with van der Waals surface area (Å²) in [5.41, 5.74) is -3.44. The number of hydrogen-bond donors (Lipinski definition) is 2. The third-order valence-corrected chi connectivity index (χ3v) is 13.2. The number of allylic oxidation sites excluding steroid dienone is 4. The molecule has 0 aromatic heterocycles. The van der Waals surface area contributed by atoms with E-state index in [2.05, 4.69) is 38.1 Å². The van der Waals surface area contributed by atoms with Crippen LogP contribution in [0.1, 0.15) is 69.9 Å². The third kappa shape index (κ3) is 4.86. The van der Waals surface area contributed by atoms with Gasteiger partial charge in [-0.3, -0.25) is 9.59 Å². The second-order valence-electron chi connectivity index (χ2n) is 15.3. The van der Waals surface area contributed by atoms with Gasteiger partial charge in [-0.25, -0.2) is 8.78 Å². The van der Waals surface area contributed by atoms with Gasteiger partial charge in [-0.05, 0) is 85.4 Å². The maximum Gasteiger partial charge on any atom is 0.193 e. The molecule has 3 saturated carbocycles. The van der Waals surface area contributed by atoms with Crippen LogP contribution in [0.3, 0.4) is 0 Å². The number of aliphatic hydroxyl groups excluding tert-OH is 2. The van der Waals surface area contributed by atoms with Gasteiger partial charge >= 0.3 is 0 Å². The molecule has 1 saturated heterocycles. The fourth-order valence-electron chi connectivity index (χ4n) is 9.89. The summed E-state index contributed by atoms with van der Waals surface area (Å²) in [6.45, 7) is 6.95. The predicted octanol–water partition coefficient (Wildman–Crippen LogP) is 6.82. The SMILES string of the molecule is CC(C)Cc1cccc(SCc2ccc([C@H]3O[C@@H]4C[C@H]5[C@@H]6C[C@H](F)C7=CC(=O)C=C[C@]7(C)[C@@]6(F)[C@@H](O)C[C@]5(C)[C@]4(C(=O)CO)O3)cc2)c1. The highest BCUT2D eigenvalue weighted by Crippen LogP contribution is 2.72. The van der Waals surface area contributed by atoms with Crippen molar-refractivity contribution in [2.45, 2.75) is 100.0 Å². The molecule has 1 heterocycles. The zero-order chi connectivity index (χ0) is 34.2. The number of aliphatic hydroxyl groups is 2. The molecule has 2 aromatic rings. The number of thioether (sulfide) groups is 1. The molecular formula is C39H44F2O6S. The second-order valence-corrected chi connectivity index (χ2v) is 16.3. The number of alkyl halides is 2. The third-order valence-electron chi connectivity index (χ3n) is 12.1. The molecule has 0 spiro atoms. The Morgan fingerprint density at radius 3 is 2.54 bits per heavy atom. The van der Waals surface area contributed by atoms with Gasteiger partial charge in [0.2, 0.25) is 0 Å². The summed E-state index contributed by atoms with van der Waals surface area (Å²) in [6.07, 6.45) is -0.266. The van der Waals surface area contributed by atoms with Gasteiger partial charge in [0.25, 0.3) is 0 Å². The molecule has 6 nitrogen and oxygen atoms in total. The molecular weight excluding hydrogens is 634 g/mol. The van der Waals surface area contributed by atoms with Crippen LogP contribution in [0.4, 0.5) is 8.78 Å². The van der Waals surface area contributed by atoms with E-state index in [9.17, 15) is 19.8 Å². The average molecular weight is 679 g/mol. The van der Waals surface area contributed by atoms with Crippen molar-refractivity contribution in [3.8, 4) is 0 Å². The van der Waals surface area contributed by atoms with Gasteiger partial charge in [0.15, 0.2) is 29.1 Å². The smallest absolute Gasteiger partial charge is 0.193 e. The van der Waals surface area contributed by atoms with E-state index in [4.69, 9.17) is 9.47 Å². The number of carbonyl (C=O) groups excluding carboxylic acids is 2. The van der Waals surface area contributed by atoms with Gasteiger partial charge in [-0.1, -0.05) is 63.2 Å². The number of benzene rings is 2. The van der Waals surface area contributed by atoms with Crippen LogP contribution in [0.5, 0.6) is 0 Å². The highest BCUT2D eigenvalue weighted by atomic mass is 32.2. The van der Waals surface area contributed by atoms with E-state index in [1.807, 2.05) is 24.3 Å². The van der Waals surface area contributed by atoms with Crippen LogP contribution >= 0.6 is 11.8 Å². The maximum atomic E-state index is 17.6. The van der Waals surface area contributed by atoms with Crippen LogP contribution < -0.4 is 0 Å². The number of carbonyl (C=O) groups is 2. The molecule has 0 unspecified atom stereocenters. The number of ether oxygens (including phenoxy) is 2. The summed E-state index contributed by atoms with van der Waals surface area (Å²) in [5.74, 6) is -1.21. The minimum Gasteiger partial charge on any atom is -0.390 e. The van der Waals surface area contributed by atoms with Crippen LogP contribution in [0.25, 0.3) is 0 Å². The molecule has 4 aliphatic carbocycles. The fourth-order valence-corrected chi connectivity index (χ4v) is 10.8. The number of rotatable bonds is 8. The Morgan fingerprint density at radius 1 is 1.08 bits per heavy atom. The summed E-state index contributed by atoms with van der Waals surface area (Å²) in [6, 6.07) is 16.4. The average Bonchev–Trinajstić information content (AvgIpc) is 3.55. The van der Waals surface area contributed by atoms with Crippen LogP contribution in [-0.2, 0) is 31.2 Å². The van der Waals surface area contributed by atoms with Crippen molar-refractivity contribution >= 4 is 23.3 Å². The zero-order valence-corrected chi connectivity index (χ0v) is 28.6. The molecule has 9 heteroatoms. The van der Waals surface area contributed by atoms with Crippen molar-refractivity contribution in [2.24, 2.45) is 28.6 Å². The first kappa shape index (κ1) is 33.8. The molecule has 10 atom stereocenters. The Labute approximate surface area is 285 Å². The second kappa shape index (κ2) is 12.0. The normalized spacial score (nSPS) is 39.9. The van der Waals surface area contributed by atoms with E-state index in [1.165, 1.54) is 22.6 Å². The van der Waals surface area contributed by atoms with Crippen LogP contribution in [0.15, 0.2) is 77.2 Å². The fraction of sp³-hybridized carbons (Fsp3) is 0.538. The monoisotopic (exact) mass is 678 g/mol. The molecule has 7 rings (SSSR count). The Kier molecular flexibility index (Phi) is 8.43. The lowest BCUT2D eigenvalue weighted by Gasteiger charge is -2.63. The van der Waals surface area contributed by atoms with Gasteiger partial charge in [0, 0.05) is 33.0 Å². The first-order chi connectivity index (χ1) is 22.8. The van der Waals surface area contributed by atoms with Crippen molar-refractivity contribution in [2.75, 3.05) is 6.61 Å². The highest BCUT2D eigenvalue weighted by molar-refractivity contribution is 7.98. The topological polar surface area (TPSA) is 93.1 Å². The molecule has 0 radical (unpaired) electrons. The quantitative estimate of drug-likeness (QED) is 0.296. The van der Waals surface area contributed by atoms with Gasteiger partial charge in [-0.2, -0.15) is 0 Å². The van der Waals surface area contributed by atoms with Crippen molar-refractivity contribution in [1.29, 1.82) is 0 Å². The first-order valence-electron chi connectivity index (χ1n) is 17.0. The lowest BCUT2D eigenvalue weighted by atomic mass is 9.44. The highest BCUT2D eigenvalue weighted by Gasteiger charge is 2.80. The Bertz CT molecular complexity index is 1670. The summed E-state index contributed by atoms with van der Waals surface area (Å²) in [4.78, 5) is 27.1. The van der Waals surface area contributed by atoms with Gasteiger partial charge < -0.3 is 19.7 Å². The number of fused-ring (bicyclic) bond motifs is 7. The lowest BCUT2D eigenvalue weighted by Crippen LogP contribution is -2.70. The largest absolute Gasteiger partial charge is 0.390 e. The number of ketones is 2. The molecule has 2 N–H and O–H groups in total. The zero-order valence-electron chi connectivity index (χ0n) is 27.8. The number of hydrogen-bond acceptors (Lipinski definition) is 7. The molecule has 2 aromatic carbocycles. The van der Waals surface area contributed by atoms with E-state index >= 15 is 8.78 Å². The lowest BCUT2D eigenvalue weighted by molar-refractivity contribution is -0.235. The Morgan fingerprint density at radius 2 is 1.83 bits per heavy atom. The molecule has 5 aliphatic rings. The molecule has 256 valence electrons. The van der Waals surface area contributed by atoms with Crippen molar-refractivity contribution in [1.82, 2.24) is 0 Å².